The van der Waals surface area contributed by atoms with Crippen molar-refractivity contribution in [3.63, 3.8) is 0 Å². The molecule has 0 aliphatic heterocycles. The Labute approximate surface area is 157 Å². The standard InChI is InChI=1S/C21H23F2NO3/c1-4-14-8-10-15(11-9-14)20(13(2)3)24-18(25)12-27-21(26)19-16(22)6-5-7-17(19)23/h5-11,13,20H,4,12H2,1-3H3,(H,24,25)/t20-/m1/s1. The number of esters is 1. The number of carbonyl (C=O) groups is 2. The highest BCUT2D eigenvalue weighted by Crippen LogP contribution is 2.22. The minimum absolute atomic E-state index is 0.0983. The Balaban J connectivity index is 2.00. The predicted molar refractivity (Wildman–Crippen MR) is 98.2 cm³/mol. The number of carbonyl (C=O) groups excluding carboxylic acids is 2. The first-order chi connectivity index (χ1) is 12.8. The number of benzene rings is 2. The second-order valence-corrected chi connectivity index (χ2v) is 6.56. The van der Waals surface area contributed by atoms with Crippen LogP contribution in [0.15, 0.2) is 42.5 Å². The first-order valence-electron chi connectivity index (χ1n) is 8.82. The summed E-state index contributed by atoms with van der Waals surface area (Å²) in [5.74, 6) is -3.72. The number of nitrogens with one attached hydrogen (secondary N) is 1. The molecule has 27 heavy (non-hydrogen) atoms. The van der Waals surface area contributed by atoms with Gasteiger partial charge in [0.1, 0.15) is 17.2 Å². The van der Waals surface area contributed by atoms with E-state index < -0.39 is 35.7 Å². The molecule has 0 heterocycles. The molecule has 0 bridgehead atoms. The molecule has 0 fully saturated rings. The van der Waals surface area contributed by atoms with Gasteiger partial charge >= 0.3 is 5.97 Å². The quantitative estimate of drug-likeness (QED) is 0.738. The molecule has 0 saturated heterocycles. The Bertz CT molecular complexity index is 783. The molecular weight excluding hydrogens is 352 g/mol. The van der Waals surface area contributed by atoms with Gasteiger partial charge in [-0.15, -0.1) is 0 Å². The summed E-state index contributed by atoms with van der Waals surface area (Å²) >= 11 is 0. The van der Waals surface area contributed by atoms with E-state index in [4.69, 9.17) is 4.74 Å². The molecule has 2 aromatic carbocycles. The average Bonchev–Trinajstić information content (AvgIpc) is 2.64. The van der Waals surface area contributed by atoms with Crippen molar-refractivity contribution in [3.8, 4) is 0 Å². The van der Waals surface area contributed by atoms with Crippen molar-refractivity contribution in [1.29, 1.82) is 0 Å². The molecule has 0 spiro atoms. The molecule has 2 rings (SSSR count). The zero-order chi connectivity index (χ0) is 20.0. The summed E-state index contributed by atoms with van der Waals surface area (Å²) in [5.41, 5.74) is 1.32. The fraction of sp³-hybridized carbons (Fsp3) is 0.333. The van der Waals surface area contributed by atoms with Gasteiger partial charge in [-0.25, -0.2) is 13.6 Å². The summed E-state index contributed by atoms with van der Waals surface area (Å²) in [6.07, 6.45) is 0.918. The Morgan fingerprint density at radius 1 is 1.04 bits per heavy atom. The Morgan fingerprint density at radius 2 is 1.63 bits per heavy atom. The van der Waals surface area contributed by atoms with E-state index in [0.717, 1.165) is 30.2 Å². The van der Waals surface area contributed by atoms with Crippen LogP contribution in [0.5, 0.6) is 0 Å². The van der Waals surface area contributed by atoms with Gasteiger partial charge in [0, 0.05) is 0 Å². The van der Waals surface area contributed by atoms with E-state index in [9.17, 15) is 18.4 Å². The lowest BCUT2D eigenvalue weighted by atomic mass is 9.95. The number of amides is 1. The minimum Gasteiger partial charge on any atom is -0.452 e. The van der Waals surface area contributed by atoms with Gasteiger partial charge in [-0.3, -0.25) is 4.79 Å². The summed E-state index contributed by atoms with van der Waals surface area (Å²) in [7, 11) is 0. The molecule has 0 unspecified atom stereocenters. The van der Waals surface area contributed by atoms with Gasteiger partial charge in [0.2, 0.25) is 0 Å². The number of halogens is 2. The smallest absolute Gasteiger partial charge is 0.344 e. The van der Waals surface area contributed by atoms with E-state index in [1.54, 1.807) is 0 Å². The number of hydrogen-bond acceptors (Lipinski definition) is 3. The van der Waals surface area contributed by atoms with Crippen molar-refractivity contribution >= 4 is 11.9 Å². The van der Waals surface area contributed by atoms with Gasteiger partial charge in [0.15, 0.2) is 6.61 Å². The average molecular weight is 375 g/mol. The van der Waals surface area contributed by atoms with E-state index in [1.165, 1.54) is 5.56 Å². The molecule has 4 nitrogen and oxygen atoms in total. The molecule has 0 radical (unpaired) electrons. The van der Waals surface area contributed by atoms with Gasteiger partial charge in [-0.05, 0) is 35.6 Å². The molecular formula is C21H23F2NO3. The first-order valence-corrected chi connectivity index (χ1v) is 8.82. The van der Waals surface area contributed by atoms with E-state index >= 15 is 0 Å². The zero-order valence-electron chi connectivity index (χ0n) is 15.6. The number of hydrogen-bond donors (Lipinski definition) is 1. The molecule has 144 valence electrons. The summed E-state index contributed by atoms with van der Waals surface area (Å²) in [6, 6.07) is 10.7. The third-order valence-corrected chi connectivity index (χ3v) is 4.23. The van der Waals surface area contributed by atoms with Gasteiger partial charge in [0.25, 0.3) is 5.91 Å². The van der Waals surface area contributed by atoms with Gasteiger partial charge < -0.3 is 10.1 Å². The lowest BCUT2D eigenvalue weighted by Crippen LogP contribution is -2.35. The fourth-order valence-corrected chi connectivity index (χ4v) is 2.71. The third-order valence-electron chi connectivity index (χ3n) is 4.23. The molecule has 0 aromatic heterocycles. The maximum atomic E-state index is 13.6. The first kappa shape index (κ1) is 20.6. The van der Waals surface area contributed by atoms with Crippen LogP contribution in [0.3, 0.4) is 0 Å². The zero-order valence-corrected chi connectivity index (χ0v) is 15.6. The summed E-state index contributed by atoms with van der Waals surface area (Å²) in [4.78, 5) is 24.1. The molecule has 2 aromatic rings. The van der Waals surface area contributed by atoms with E-state index in [0.29, 0.717) is 0 Å². The highest BCUT2D eigenvalue weighted by Gasteiger charge is 2.22. The molecule has 6 heteroatoms. The fourth-order valence-electron chi connectivity index (χ4n) is 2.71. The Kier molecular flexibility index (Phi) is 7.05. The lowest BCUT2D eigenvalue weighted by Gasteiger charge is -2.23. The van der Waals surface area contributed by atoms with Crippen LogP contribution in [-0.4, -0.2) is 18.5 Å². The van der Waals surface area contributed by atoms with Crippen molar-refractivity contribution in [1.82, 2.24) is 5.32 Å². The largest absolute Gasteiger partial charge is 0.452 e. The maximum absolute atomic E-state index is 13.6. The predicted octanol–water partition coefficient (Wildman–Crippen LogP) is 4.20. The topological polar surface area (TPSA) is 55.4 Å². The van der Waals surface area contributed by atoms with E-state index in [-0.39, 0.29) is 12.0 Å². The van der Waals surface area contributed by atoms with Crippen LogP contribution in [-0.2, 0) is 16.0 Å². The van der Waals surface area contributed by atoms with Crippen molar-refractivity contribution in [3.05, 3.63) is 70.8 Å². The van der Waals surface area contributed by atoms with Crippen LogP contribution >= 0.6 is 0 Å². The van der Waals surface area contributed by atoms with Crippen molar-refractivity contribution in [2.24, 2.45) is 5.92 Å². The minimum atomic E-state index is -1.21. The van der Waals surface area contributed by atoms with E-state index in [2.05, 4.69) is 12.2 Å². The number of ether oxygens (including phenoxy) is 1. The summed E-state index contributed by atoms with van der Waals surface area (Å²) < 4.78 is 31.9. The lowest BCUT2D eigenvalue weighted by molar-refractivity contribution is -0.125. The van der Waals surface area contributed by atoms with Gasteiger partial charge in [-0.2, -0.15) is 0 Å². The van der Waals surface area contributed by atoms with Crippen LogP contribution in [0.25, 0.3) is 0 Å². The number of aryl methyl sites for hydroxylation is 1. The second kappa shape index (κ2) is 9.26. The monoisotopic (exact) mass is 375 g/mol. The Hall–Kier alpha value is -2.76. The van der Waals surface area contributed by atoms with Crippen molar-refractivity contribution < 1.29 is 23.1 Å². The second-order valence-electron chi connectivity index (χ2n) is 6.56. The molecule has 0 saturated carbocycles. The number of rotatable bonds is 7. The highest BCUT2D eigenvalue weighted by molar-refractivity contribution is 5.91. The molecule has 0 aliphatic rings. The molecule has 1 amide bonds. The van der Waals surface area contributed by atoms with Crippen LogP contribution in [0.2, 0.25) is 0 Å². The van der Waals surface area contributed by atoms with Gasteiger partial charge in [0.05, 0.1) is 6.04 Å². The van der Waals surface area contributed by atoms with Crippen LogP contribution in [0, 0.1) is 17.6 Å². The van der Waals surface area contributed by atoms with E-state index in [1.807, 2.05) is 38.1 Å². The SMILES string of the molecule is CCc1ccc([C@H](NC(=O)COC(=O)c2c(F)cccc2F)C(C)C)cc1. The third kappa shape index (κ3) is 5.36. The maximum Gasteiger partial charge on any atom is 0.344 e. The normalized spacial score (nSPS) is 11.9. The van der Waals surface area contributed by atoms with Crippen LogP contribution in [0.1, 0.15) is 48.3 Å². The van der Waals surface area contributed by atoms with Gasteiger partial charge in [-0.1, -0.05) is 51.1 Å². The molecule has 1 atom stereocenters. The van der Waals surface area contributed by atoms with Crippen LogP contribution in [0.4, 0.5) is 8.78 Å². The molecule has 0 aliphatic carbocycles. The molecule has 1 N–H and O–H groups in total. The van der Waals surface area contributed by atoms with Crippen molar-refractivity contribution in [2.75, 3.05) is 6.61 Å². The Morgan fingerprint density at radius 3 is 2.15 bits per heavy atom. The summed E-state index contributed by atoms with van der Waals surface area (Å²) in [5, 5.41) is 2.80. The van der Waals surface area contributed by atoms with Crippen LogP contribution < -0.4 is 5.32 Å². The highest BCUT2D eigenvalue weighted by atomic mass is 19.1. The summed E-state index contributed by atoms with van der Waals surface area (Å²) in [6.45, 7) is 5.35. The van der Waals surface area contributed by atoms with Crippen molar-refractivity contribution in [2.45, 2.75) is 33.2 Å².